The number of ether oxygens (including phenoxy) is 8. The van der Waals surface area contributed by atoms with Crippen molar-refractivity contribution in [3.8, 4) is 0 Å². The van der Waals surface area contributed by atoms with E-state index in [2.05, 4.69) is 119 Å². The number of aliphatic hydroxyl groups excluding tert-OH is 1. The molecule has 0 aromatic heterocycles. The average molecular weight is 1230 g/mol. The topological polar surface area (TPSA) is 245 Å². The van der Waals surface area contributed by atoms with Gasteiger partial charge in [0.15, 0.2) is 6.10 Å². The monoisotopic (exact) mass is 1230 g/mol. The summed E-state index contributed by atoms with van der Waals surface area (Å²) >= 11 is 0. The van der Waals surface area contributed by atoms with Gasteiger partial charge in [0.1, 0.15) is 19.8 Å². The van der Waals surface area contributed by atoms with Gasteiger partial charge in [-0.2, -0.15) is 0 Å². The molecule has 0 heterocycles. The summed E-state index contributed by atoms with van der Waals surface area (Å²) in [5.41, 5.74) is 4.85. The summed E-state index contributed by atoms with van der Waals surface area (Å²) < 4.78 is 60.7. The van der Waals surface area contributed by atoms with Gasteiger partial charge in [-0.15, -0.1) is 0 Å². The molecule has 0 fully saturated rings. The van der Waals surface area contributed by atoms with E-state index in [9.17, 15) is 28.6 Å². The summed E-state index contributed by atoms with van der Waals surface area (Å²) in [4.78, 5) is 59.0. The Hall–Kier alpha value is -4.31. The molecule has 0 spiro atoms. The molecule has 0 bridgehead atoms. The molecule has 478 valence electrons. The molecule has 2 amide bonds. The van der Waals surface area contributed by atoms with Crippen LogP contribution in [0.5, 0.6) is 0 Å². The number of alkyl carbamates (subject to hydrolysis) is 1. The van der Waals surface area contributed by atoms with E-state index in [1.54, 1.807) is 21.3 Å². The fourth-order valence-corrected chi connectivity index (χ4v) is 7.90. The van der Waals surface area contributed by atoms with E-state index in [0.717, 1.165) is 39.9 Å². The van der Waals surface area contributed by atoms with Crippen molar-refractivity contribution in [1.29, 1.82) is 0 Å². The fraction of sp³-hybridized carbons (Fsp3) is 0.594. The van der Waals surface area contributed by atoms with Gasteiger partial charge in [0.05, 0.1) is 39.6 Å². The number of carbonyl (C=O) groups is 4. The zero-order valence-corrected chi connectivity index (χ0v) is 55.8. The second-order valence-corrected chi connectivity index (χ2v) is 20.0. The molecule has 85 heavy (non-hydrogen) atoms. The molecule has 3 N–H and O–H groups in total. The maximum absolute atomic E-state index is 12.2. The predicted molar refractivity (Wildman–Crippen MR) is 332 cm³/mol. The second-order valence-electron chi connectivity index (χ2n) is 18.6. The van der Waals surface area contributed by atoms with Crippen LogP contribution in [0, 0.1) is 0 Å². The maximum atomic E-state index is 12.2. The summed E-state index contributed by atoms with van der Waals surface area (Å²) in [6, 6.07) is 29.3. The standard InChI is InChI=1S/C34H65N2O13P.C22H18.C5H12O2.C2H6O.CH4O.Na/c1-4-6-7-8-9-10-11-12-13-14-15-16-17-18-19-20-33(39)46-27-31(49-30(3)37)28-48-50(41,42)47-24-22-36-34(40)45-26-25-44-29-32(38)35-21-23-43-5-2;1-3-7-19(8-4-1)11-13-21-15-17-22(18-16-21)14-12-20-9-5-2-6-10-20;1-3-7-5-4-6-2;1-3-2;1-2;/h31H,4-29H2,1-3H3,(H,35,38)(H,36,40)(H,41,42);1-18H;3-5H2,1-2H3;1-2H3;2H,1H3;/q;;;;;+1/p-1/b;13-11+,14-12+;;;;. The molecule has 0 saturated carbocycles. The molecular weight excluding hydrogens is 1120 g/mol. The Kier molecular flexibility index (Phi) is 64.1. The molecule has 2 atom stereocenters. The van der Waals surface area contributed by atoms with Crippen LogP contribution in [0.3, 0.4) is 0 Å². The van der Waals surface area contributed by atoms with Crippen molar-refractivity contribution >= 4 is 56.1 Å². The van der Waals surface area contributed by atoms with Gasteiger partial charge in [-0.1, -0.05) is 206 Å². The van der Waals surface area contributed by atoms with Crippen LogP contribution in [-0.4, -0.2) is 149 Å². The number of unbranched alkanes of at least 4 members (excludes halogenated alkanes) is 14. The van der Waals surface area contributed by atoms with Crippen molar-refractivity contribution in [2.45, 2.75) is 137 Å². The molecule has 3 rings (SSSR count). The van der Waals surface area contributed by atoms with Crippen LogP contribution >= 0.6 is 7.82 Å². The average Bonchev–Trinajstić information content (AvgIpc) is 3.53. The van der Waals surface area contributed by atoms with E-state index in [-0.39, 0.29) is 74.9 Å². The Labute approximate surface area is 531 Å². The van der Waals surface area contributed by atoms with Crippen LogP contribution in [0.1, 0.15) is 153 Å². The first-order valence-electron chi connectivity index (χ1n) is 29.6. The van der Waals surface area contributed by atoms with Crippen LogP contribution in [0.25, 0.3) is 24.3 Å². The third kappa shape index (κ3) is 59.8. The van der Waals surface area contributed by atoms with Gasteiger partial charge in [-0.25, -0.2) is 4.79 Å². The number of nitrogens with one attached hydrogen (secondary N) is 2. The smallest absolute Gasteiger partial charge is 0.756 e. The molecule has 0 radical (unpaired) electrons. The number of hydrogen-bond donors (Lipinski definition) is 3. The van der Waals surface area contributed by atoms with E-state index in [4.69, 9.17) is 47.3 Å². The molecule has 19 nitrogen and oxygen atoms in total. The summed E-state index contributed by atoms with van der Waals surface area (Å²) in [7, 11) is 1.08. The van der Waals surface area contributed by atoms with Gasteiger partial charge in [0.2, 0.25) is 5.91 Å². The number of esters is 2. The minimum Gasteiger partial charge on any atom is -0.756 e. The van der Waals surface area contributed by atoms with Crippen LogP contribution < -0.4 is 45.1 Å². The zero-order chi connectivity index (χ0) is 62.4. The molecule has 3 aromatic carbocycles. The number of rotatable bonds is 43. The van der Waals surface area contributed by atoms with E-state index in [1.807, 2.05) is 26.0 Å². The molecule has 0 aliphatic carbocycles. The number of methoxy groups -OCH3 is 2. The predicted octanol–water partition coefficient (Wildman–Crippen LogP) is 8.69. The van der Waals surface area contributed by atoms with Crippen molar-refractivity contribution in [2.24, 2.45) is 0 Å². The molecule has 21 heteroatoms. The summed E-state index contributed by atoms with van der Waals surface area (Å²) in [5.74, 6) is -1.50. The molecule has 0 aliphatic heterocycles. The summed E-state index contributed by atoms with van der Waals surface area (Å²) in [5, 5.41) is 11.9. The zero-order valence-electron chi connectivity index (χ0n) is 52.9. The van der Waals surface area contributed by atoms with Crippen LogP contribution in [0.2, 0.25) is 0 Å². The van der Waals surface area contributed by atoms with Gasteiger partial charge in [0.25, 0.3) is 7.82 Å². The first kappa shape index (κ1) is 84.9. The van der Waals surface area contributed by atoms with Crippen molar-refractivity contribution in [2.75, 3.05) is 114 Å². The molecule has 0 aliphatic rings. The molecule has 2 unspecified atom stereocenters. The first-order chi connectivity index (χ1) is 40.8. The molecule has 0 saturated heterocycles. The quantitative estimate of drug-likeness (QED) is 0.0120. The van der Waals surface area contributed by atoms with E-state index < -0.39 is 45.2 Å². The SMILES string of the molecule is C(=C\c1ccc(/C=C/c2ccccc2)cc1)/c1ccccc1.CCCCCCCCCCCCCCCCCC(=O)OCC(COP(=O)([O-])OCCNC(=O)OCCOCC(=O)NCCOCC)OC(C)=O.CCOCCOC.CO.COC.[Na+]. The maximum Gasteiger partial charge on any atom is 1.00 e. The number of amides is 2. The Morgan fingerprint density at radius 2 is 0.976 bits per heavy atom. The van der Waals surface area contributed by atoms with Crippen LogP contribution in [0.4, 0.5) is 4.79 Å². The summed E-state index contributed by atoms with van der Waals surface area (Å²) in [6.45, 7) is 8.68. The molecular formula is C64H104N2NaO17P. The number of benzene rings is 3. The van der Waals surface area contributed by atoms with Gasteiger partial charge in [0, 0.05) is 68.1 Å². The second kappa shape index (κ2) is 64.2. The van der Waals surface area contributed by atoms with Gasteiger partial charge in [-0.05, 0) is 42.5 Å². The first-order valence-corrected chi connectivity index (χ1v) is 31.0. The minimum absolute atomic E-state index is 0. The third-order valence-corrected chi connectivity index (χ3v) is 12.3. The van der Waals surface area contributed by atoms with Gasteiger partial charge >= 0.3 is 47.6 Å². The number of hydrogen-bond acceptors (Lipinski definition) is 17. The van der Waals surface area contributed by atoms with E-state index in [1.165, 1.54) is 92.9 Å². The Morgan fingerprint density at radius 3 is 1.44 bits per heavy atom. The number of carbonyl (C=O) groups excluding carboxylic acids is 4. The van der Waals surface area contributed by atoms with Crippen molar-refractivity contribution in [3.05, 3.63) is 107 Å². The fourth-order valence-electron chi connectivity index (χ4n) is 7.16. The Balaban J connectivity index is -0.00000155. The third-order valence-electron chi connectivity index (χ3n) is 11.4. The Bertz CT molecular complexity index is 2020. The van der Waals surface area contributed by atoms with Crippen molar-refractivity contribution in [1.82, 2.24) is 10.6 Å². The van der Waals surface area contributed by atoms with Crippen LogP contribution in [0.15, 0.2) is 84.9 Å². The summed E-state index contributed by atoms with van der Waals surface area (Å²) in [6.07, 6.45) is 25.0. The van der Waals surface area contributed by atoms with Gasteiger partial charge < -0.3 is 67.6 Å². The number of phosphoric acid groups is 1. The van der Waals surface area contributed by atoms with Crippen LogP contribution in [-0.2, 0) is 65.9 Å². The Morgan fingerprint density at radius 1 is 0.541 bits per heavy atom. The number of aliphatic hydroxyl groups is 1. The number of phosphoric ester groups is 1. The largest absolute Gasteiger partial charge is 1.00 e. The minimum atomic E-state index is -4.84. The van der Waals surface area contributed by atoms with E-state index in [0.29, 0.717) is 39.4 Å². The van der Waals surface area contributed by atoms with Gasteiger partial charge in [-0.3, -0.25) is 18.9 Å². The molecule has 3 aromatic rings. The van der Waals surface area contributed by atoms with Crippen molar-refractivity contribution in [3.63, 3.8) is 0 Å². The van der Waals surface area contributed by atoms with E-state index >= 15 is 0 Å². The van der Waals surface area contributed by atoms with Crippen molar-refractivity contribution < 1.29 is 110 Å². The normalized spacial score (nSPS) is 11.6.